The fourth-order valence-electron chi connectivity index (χ4n) is 2.42. The third-order valence-electron chi connectivity index (χ3n) is 3.68. The smallest absolute Gasteiger partial charge is 0.130 e. The highest BCUT2D eigenvalue weighted by molar-refractivity contribution is 5.29. The Kier molecular flexibility index (Phi) is 4.73. The highest BCUT2D eigenvalue weighted by Gasteiger charge is 2.17. The van der Waals surface area contributed by atoms with Crippen molar-refractivity contribution in [1.82, 2.24) is 9.78 Å². The van der Waals surface area contributed by atoms with Crippen molar-refractivity contribution in [3.8, 4) is 0 Å². The van der Waals surface area contributed by atoms with E-state index in [0.29, 0.717) is 17.5 Å². The molecule has 2 N–H and O–H groups in total. The first-order chi connectivity index (χ1) is 9.96. The van der Waals surface area contributed by atoms with E-state index in [1.165, 1.54) is 6.07 Å². The van der Waals surface area contributed by atoms with Gasteiger partial charge in [-0.2, -0.15) is 5.10 Å². The molecule has 114 valence electrons. The number of nitrogens with zero attached hydrogens (tertiary/aromatic N) is 2. The van der Waals surface area contributed by atoms with E-state index in [9.17, 15) is 8.78 Å². The lowest BCUT2D eigenvalue weighted by Crippen LogP contribution is -2.18. The molecule has 0 saturated carbocycles. The van der Waals surface area contributed by atoms with E-state index in [0.717, 1.165) is 30.4 Å². The van der Waals surface area contributed by atoms with E-state index in [1.807, 2.05) is 24.6 Å². The summed E-state index contributed by atoms with van der Waals surface area (Å²) in [5, 5.41) is 4.46. The number of benzene rings is 1. The van der Waals surface area contributed by atoms with Gasteiger partial charge in [-0.05, 0) is 38.0 Å². The largest absolute Gasteiger partial charge is 0.324 e. The van der Waals surface area contributed by atoms with Crippen LogP contribution in [0.2, 0.25) is 0 Å². The van der Waals surface area contributed by atoms with Crippen molar-refractivity contribution in [2.45, 2.75) is 46.2 Å². The predicted octanol–water partition coefficient (Wildman–Crippen LogP) is 3.29. The van der Waals surface area contributed by atoms with Crippen LogP contribution < -0.4 is 5.73 Å². The second-order valence-electron chi connectivity index (χ2n) is 5.23. The minimum atomic E-state index is -0.594. The van der Waals surface area contributed by atoms with Crippen LogP contribution in [-0.4, -0.2) is 9.78 Å². The summed E-state index contributed by atoms with van der Waals surface area (Å²) in [5.74, 6) is -1.14. The van der Waals surface area contributed by atoms with Crippen LogP contribution >= 0.6 is 0 Å². The first kappa shape index (κ1) is 15.6. The molecule has 0 bridgehead atoms. The highest BCUT2D eigenvalue weighted by Crippen LogP contribution is 2.23. The first-order valence-electron chi connectivity index (χ1n) is 7.23. The molecule has 2 rings (SSSR count). The molecule has 1 heterocycles. The molecule has 5 heteroatoms. The first-order valence-corrected chi connectivity index (χ1v) is 7.23. The van der Waals surface area contributed by atoms with Crippen molar-refractivity contribution in [3.05, 3.63) is 52.3 Å². The molecular weight excluding hydrogens is 272 g/mol. The van der Waals surface area contributed by atoms with E-state index in [2.05, 4.69) is 5.10 Å². The molecular formula is C16H21F2N3. The molecule has 3 nitrogen and oxygen atoms in total. The van der Waals surface area contributed by atoms with Gasteiger partial charge in [0.2, 0.25) is 0 Å². The van der Waals surface area contributed by atoms with Gasteiger partial charge in [0.25, 0.3) is 0 Å². The van der Waals surface area contributed by atoms with Crippen LogP contribution in [0.1, 0.15) is 42.4 Å². The third-order valence-corrected chi connectivity index (χ3v) is 3.68. The van der Waals surface area contributed by atoms with Gasteiger partial charge in [-0.25, -0.2) is 8.78 Å². The second-order valence-corrected chi connectivity index (χ2v) is 5.23. The number of nitrogens with two attached hydrogens (primary N) is 1. The lowest BCUT2D eigenvalue weighted by molar-refractivity contribution is 0.538. The molecule has 0 aliphatic rings. The molecule has 0 radical (unpaired) electrons. The molecule has 0 saturated heterocycles. The fraction of sp³-hybridized carbons (Fsp3) is 0.438. The summed E-state index contributed by atoms with van der Waals surface area (Å²) in [6, 6.07) is 3.87. The summed E-state index contributed by atoms with van der Waals surface area (Å²) in [5.41, 5.74) is 8.83. The molecule has 21 heavy (non-hydrogen) atoms. The van der Waals surface area contributed by atoms with Crippen LogP contribution in [0.4, 0.5) is 8.78 Å². The number of hydrogen-bond donors (Lipinski definition) is 1. The zero-order valence-corrected chi connectivity index (χ0v) is 12.7. The van der Waals surface area contributed by atoms with Gasteiger partial charge in [0.05, 0.1) is 5.69 Å². The molecule has 0 aliphatic carbocycles. The summed E-state index contributed by atoms with van der Waals surface area (Å²) in [6.45, 7) is 6.39. The number of aryl methyl sites for hydroxylation is 3. The molecule has 2 aromatic rings. The van der Waals surface area contributed by atoms with E-state index in [4.69, 9.17) is 5.73 Å². The maximum absolute atomic E-state index is 13.9. The average molecular weight is 293 g/mol. The van der Waals surface area contributed by atoms with Gasteiger partial charge in [0.1, 0.15) is 11.6 Å². The molecule has 1 unspecified atom stereocenters. The maximum atomic E-state index is 13.9. The Bertz CT molecular complexity index is 635. The summed E-state index contributed by atoms with van der Waals surface area (Å²) in [4.78, 5) is 0. The number of aromatic nitrogens is 2. The van der Waals surface area contributed by atoms with Gasteiger partial charge >= 0.3 is 0 Å². The van der Waals surface area contributed by atoms with Crippen molar-refractivity contribution in [2.24, 2.45) is 5.73 Å². The number of hydrogen-bond acceptors (Lipinski definition) is 2. The van der Waals surface area contributed by atoms with Crippen LogP contribution in [0.5, 0.6) is 0 Å². The van der Waals surface area contributed by atoms with Gasteiger partial charge in [-0.1, -0.05) is 6.92 Å². The number of rotatable bonds is 5. The second kappa shape index (κ2) is 6.35. The Morgan fingerprint density at radius 2 is 1.90 bits per heavy atom. The van der Waals surface area contributed by atoms with Crippen LogP contribution in [0.15, 0.2) is 18.2 Å². The van der Waals surface area contributed by atoms with Gasteiger partial charge in [0, 0.05) is 36.3 Å². The molecule has 1 aromatic carbocycles. The van der Waals surface area contributed by atoms with Crippen molar-refractivity contribution < 1.29 is 8.78 Å². The van der Waals surface area contributed by atoms with Crippen LogP contribution in [0, 0.1) is 18.6 Å². The molecule has 0 aliphatic heterocycles. The number of halogens is 2. The van der Waals surface area contributed by atoms with E-state index < -0.39 is 17.7 Å². The zero-order valence-electron chi connectivity index (χ0n) is 12.7. The Labute approximate surface area is 123 Å². The Morgan fingerprint density at radius 1 is 1.19 bits per heavy atom. The van der Waals surface area contributed by atoms with Crippen LogP contribution in [0.3, 0.4) is 0 Å². The molecule has 0 spiro atoms. The van der Waals surface area contributed by atoms with E-state index in [1.54, 1.807) is 6.92 Å². The summed E-state index contributed by atoms with van der Waals surface area (Å²) >= 11 is 0. The van der Waals surface area contributed by atoms with Crippen LogP contribution in [-0.2, 0) is 19.4 Å². The van der Waals surface area contributed by atoms with Crippen molar-refractivity contribution >= 4 is 0 Å². The predicted molar refractivity (Wildman–Crippen MR) is 79.0 cm³/mol. The monoisotopic (exact) mass is 293 g/mol. The molecule has 0 fully saturated rings. The Balaban J connectivity index is 2.27. The van der Waals surface area contributed by atoms with E-state index in [-0.39, 0.29) is 0 Å². The lowest BCUT2D eigenvalue weighted by atomic mass is 9.99. The topological polar surface area (TPSA) is 43.8 Å². The van der Waals surface area contributed by atoms with E-state index >= 15 is 0 Å². The lowest BCUT2D eigenvalue weighted by Gasteiger charge is -2.15. The van der Waals surface area contributed by atoms with Gasteiger partial charge < -0.3 is 5.73 Å². The standard InChI is InChI=1S/C16H21F2N3/c1-4-11-7-12(21(5-2)20-11)8-16(19)13-6-10(3)14(17)9-15(13)18/h6-7,9,16H,4-5,8,19H2,1-3H3. The normalized spacial score (nSPS) is 12.7. The summed E-state index contributed by atoms with van der Waals surface area (Å²) in [7, 11) is 0. The average Bonchev–Trinajstić information content (AvgIpc) is 2.84. The molecule has 1 atom stereocenters. The van der Waals surface area contributed by atoms with Crippen molar-refractivity contribution in [2.75, 3.05) is 0 Å². The van der Waals surface area contributed by atoms with Crippen molar-refractivity contribution in [1.29, 1.82) is 0 Å². The van der Waals surface area contributed by atoms with Gasteiger partial charge in [-0.15, -0.1) is 0 Å². The Hall–Kier alpha value is -1.75. The quantitative estimate of drug-likeness (QED) is 0.919. The fourth-order valence-corrected chi connectivity index (χ4v) is 2.42. The third kappa shape index (κ3) is 3.29. The molecule has 1 aromatic heterocycles. The maximum Gasteiger partial charge on any atom is 0.130 e. The summed E-state index contributed by atoms with van der Waals surface area (Å²) < 4.78 is 29.1. The SMILES string of the molecule is CCc1cc(CC(N)c2cc(C)c(F)cc2F)n(CC)n1. The minimum absolute atomic E-state index is 0.343. The highest BCUT2D eigenvalue weighted by atomic mass is 19.1. The van der Waals surface area contributed by atoms with Gasteiger partial charge in [0.15, 0.2) is 0 Å². The minimum Gasteiger partial charge on any atom is -0.324 e. The van der Waals surface area contributed by atoms with Crippen molar-refractivity contribution in [3.63, 3.8) is 0 Å². The van der Waals surface area contributed by atoms with Crippen LogP contribution in [0.25, 0.3) is 0 Å². The zero-order chi connectivity index (χ0) is 15.6. The summed E-state index contributed by atoms with van der Waals surface area (Å²) in [6.07, 6.45) is 1.32. The molecule has 0 amide bonds. The van der Waals surface area contributed by atoms with Gasteiger partial charge in [-0.3, -0.25) is 4.68 Å². The Morgan fingerprint density at radius 3 is 2.52 bits per heavy atom.